The second-order valence-corrected chi connectivity index (χ2v) is 5.27. The zero-order valence-corrected chi connectivity index (χ0v) is 12.4. The summed E-state index contributed by atoms with van der Waals surface area (Å²) in [4.78, 5) is 15.8. The first-order chi connectivity index (χ1) is 9.65. The summed E-state index contributed by atoms with van der Waals surface area (Å²) >= 11 is 3.28. The zero-order chi connectivity index (χ0) is 14.4. The third-order valence-electron chi connectivity index (χ3n) is 2.80. The van der Waals surface area contributed by atoms with Gasteiger partial charge in [0.25, 0.3) is 0 Å². The lowest BCUT2D eigenvalue weighted by molar-refractivity contribution is -0.116. The number of pyridine rings is 1. The summed E-state index contributed by atoms with van der Waals surface area (Å²) < 4.78 is 14.2. The predicted molar refractivity (Wildman–Crippen MR) is 79.9 cm³/mol. The van der Waals surface area contributed by atoms with Crippen molar-refractivity contribution in [2.45, 2.75) is 19.3 Å². The van der Waals surface area contributed by atoms with Crippen LogP contribution >= 0.6 is 15.9 Å². The summed E-state index contributed by atoms with van der Waals surface area (Å²) in [5.41, 5.74) is 0.641. The van der Waals surface area contributed by atoms with E-state index in [1.807, 2.05) is 6.07 Å². The Balaban J connectivity index is 1.78. The molecule has 104 valence electrons. The average Bonchev–Trinajstić information content (AvgIpc) is 2.43. The Kier molecular flexibility index (Phi) is 5.24. The highest BCUT2D eigenvalue weighted by Crippen LogP contribution is 2.12. The second-order valence-electron chi connectivity index (χ2n) is 4.35. The van der Waals surface area contributed by atoms with Gasteiger partial charge in [-0.2, -0.15) is 0 Å². The average molecular weight is 337 g/mol. The highest BCUT2D eigenvalue weighted by atomic mass is 79.9. The number of rotatable bonds is 5. The Morgan fingerprint density at radius 1 is 1.25 bits per heavy atom. The van der Waals surface area contributed by atoms with Gasteiger partial charge in [-0.25, -0.2) is 9.37 Å². The number of carbonyl (C=O) groups is 1. The number of aryl methyl sites for hydroxylation is 1. The fourth-order valence-corrected chi connectivity index (χ4v) is 2.03. The topological polar surface area (TPSA) is 42.0 Å². The second kappa shape index (κ2) is 7.14. The molecule has 0 aliphatic heterocycles. The van der Waals surface area contributed by atoms with Gasteiger partial charge in [0.15, 0.2) is 0 Å². The number of hydrogen-bond donors (Lipinski definition) is 1. The maximum Gasteiger partial charge on any atom is 0.225 e. The van der Waals surface area contributed by atoms with Gasteiger partial charge in [-0.15, -0.1) is 0 Å². The Morgan fingerprint density at radius 2 is 2.05 bits per heavy atom. The maximum atomic E-state index is 13.4. The summed E-state index contributed by atoms with van der Waals surface area (Å²) in [6.45, 7) is 0. The van der Waals surface area contributed by atoms with Gasteiger partial charge in [-0.1, -0.05) is 18.2 Å². The van der Waals surface area contributed by atoms with E-state index in [-0.39, 0.29) is 11.7 Å². The normalized spacial score (nSPS) is 10.3. The lowest BCUT2D eigenvalue weighted by Crippen LogP contribution is -2.12. The lowest BCUT2D eigenvalue weighted by Gasteiger charge is -2.05. The molecule has 0 fully saturated rings. The molecule has 0 bridgehead atoms. The van der Waals surface area contributed by atoms with Crippen molar-refractivity contribution < 1.29 is 9.18 Å². The number of nitrogens with one attached hydrogen (secondary N) is 1. The van der Waals surface area contributed by atoms with E-state index in [0.717, 1.165) is 4.47 Å². The van der Waals surface area contributed by atoms with E-state index in [1.54, 1.807) is 30.5 Å². The van der Waals surface area contributed by atoms with Crippen molar-refractivity contribution in [3.8, 4) is 0 Å². The van der Waals surface area contributed by atoms with Crippen LogP contribution in [0.2, 0.25) is 0 Å². The van der Waals surface area contributed by atoms with E-state index in [4.69, 9.17) is 0 Å². The molecule has 1 heterocycles. The standard InChI is InChI=1S/C15H14BrFN2O/c16-12-8-9-14(18-10-12)19-15(20)7-3-5-11-4-1-2-6-13(11)17/h1-2,4,6,8-10H,3,5,7H2,(H,18,19,20). The van der Waals surface area contributed by atoms with Gasteiger partial charge < -0.3 is 5.32 Å². The SMILES string of the molecule is O=C(CCCc1ccccc1F)Nc1ccc(Br)cn1. The number of aromatic nitrogens is 1. The molecule has 1 N–H and O–H groups in total. The highest BCUT2D eigenvalue weighted by molar-refractivity contribution is 9.10. The predicted octanol–water partition coefficient (Wildman–Crippen LogP) is 3.94. The van der Waals surface area contributed by atoms with Gasteiger partial charge in [0, 0.05) is 17.1 Å². The van der Waals surface area contributed by atoms with Crippen LogP contribution in [-0.2, 0) is 11.2 Å². The van der Waals surface area contributed by atoms with E-state index >= 15 is 0 Å². The van der Waals surface area contributed by atoms with E-state index in [0.29, 0.717) is 30.6 Å². The summed E-state index contributed by atoms with van der Waals surface area (Å²) in [7, 11) is 0. The molecular weight excluding hydrogens is 323 g/mol. The third-order valence-corrected chi connectivity index (χ3v) is 3.27. The van der Waals surface area contributed by atoms with Gasteiger partial charge >= 0.3 is 0 Å². The number of hydrogen-bond acceptors (Lipinski definition) is 2. The van der Waals surface area contributed by atoms with Crippen LogP contribution in [0.3, 0.4) is 0 Å². The van der Waals surface area contributed by atoms with Crippen molar-refractivity contribution >= 4 is 27.7 Å². The molecule has 1 aromatic carbocycles. The smallest absolute Gasteiger partial charge is 0.225 e. The molecule has 3 nitrogen and oxygen atoms in total. The zero-order valence-electron chi connectivity index (χ0n) is 10.8. The Labute approximate surface area is 125 Å². The van der Waals surface area contributed by atoms with Crippen molar-refractivity contribution in [2.75, 3.05) is 5.32 Å². The summed E-state index contributed by atoms with van der Waals surface area (Å²) in [5.74, 6) is 0.183. The lowest BCUT2D eigenvalue weighted by atomic mass is 10.1. The first-order valence-corrected chi connectivity index (χ1v) is 7.09. The van der Waals surface area contributed by atoms with Gasteiger partial charge in [0.05, 0.1) is 0 Å². The van der Waals surface area contributed by atoms with Crippen molar-refractivity contribution in [2.24, 2.45) is 0 Å². The molecular formula is C15H14BrFN2O. The monoisotopic (exact) mass is 336 g/mol. The molecule has 0 spiro atoms. The van der Waals surface area contributed by atoms with E-state index in [1.165, 1.54) is 6.07 Å². The van der Waals surface area contributed by atoms with Crippen LogP contribution in [0, 0.1) is 5.82 Å². The third kappa shape index (κ3) is 4.42. The van der Waals surface area contributed by atoms with Crippen LogP contribution < -0.4 is 5.32 Å². The number of amides is 1. The number of halogens is 2. The fraction of sp³-hybridized carbons (Fsp3) is 0.200. The first kappa shape index (κ1) is 14.7. The molecule has 0 aliphatic carbocycles. The van der Waals surface area contributed by atoms with E-state index in [2.05, 4.69) is 26.2 Å². The molecule has 20 heavy (non-hydrogen) atoms. The van der Waals surface area contributed by atoms with Crippen molar-refractivity contribution in [3.63, 3.8) is 0 Å². The molecule has 0 saturated heterocycles. The molecule has 2 rings (SSSR count). The molecule has 1 aromatic heterocycles. The van der Waals surface area contributed by atoms with Crippen LogP contribution in [0.4, 0.5) is 10.2 Å². The minimum atomic E-state index is -0.220. The molecule has 0 saturated carbocycles. The van der Waals surface area contributed by atoms with Crippen molar-refractivity contribution in [1.29, 1.82) is 0 Å². The summed E-state index contributed by atoms with van der Waals surface area (Å²) in [6, 6.07) is 10.2. The van der Waals surface area contributed by atoms with Crippen LogP contribution in [0.25, 0.3) is 0 Å². The van der Waals surface area contributed by atoms with Crippen LogP contribution in [0.1, 0.15) is 18.4 Å². The largest absolute Gasteiger partial charge is 0.311 e. The van der Waals surface area contributed by atoms with Gasteiger partial charge in [-0.05, 0) is 52.5 Å². The van der Waals surface area contributed by atoms with E-state index < -0.39 is 0 Å². The summed E-state index contributed by atoms with van der Waals surface area (Å²) in [5, 5.41) is 2.71. The van der Waals surface area contributed by atoms with Crippen LogP contribution in [0.15, 0.2) is 47.1 Å². The van der Waals surface area contributed by atoms with Crippen molar-refractivity contribution in [3.05, 3.63) is 58.4 Å². The van der Waals surface area contributed by atoms with Gasteiger partial charge in [0.1, 0.15) is 11.6 Å². The number of anilines is 1. The fourth-order valence-electron chi connectivity index (χ4n) is 1.80. The van der Waals surface area contributed by atoms with Crippen molar-refractivity contribution in [1.82, 2.24) is 4.98 Å². The molecule has 0 unspecified atom stereocenters. The molecule has 5 heteroatoms. The first-order valence-electron chi connectivity index (χ1n) is 6.30. The molecule has 0 atom stereocenters. The number of carbonyl (C=O) groups excluding carboxylic acids is 1. The molecule has 0 radical (unpaired) electrons. The molecule has 1 amide bonds. The van der Waals surface area contributed by atoms with Gasteiger partial charge in [0.2, 0.25) is 5.91 Å². The molecule has 2 aromatic rings. The van der Waals surface area contributed by atoms with Gasteiger partial charge in [-0.3, -0.25) is 4.79 Å². The quantitative estimate of drug-likeness (QED) is 0.898. The molecule has 0 aliphatic rings. The number of nitrogens with zero attached hydrogens (tertiary/aromatic N) is 1. The minimum Gasteiger partial charge on any atom is -0.311 e. The Morgan fingerprint density at radius 3 is 2.75 bits per heavy atom. The van der Waals surface area contributed by atoms with E-state index in [9.17, 15) is 9.18 Å². The Bertz CT molecular complexity index is 587. The highest BCUT2D eigenvalue weighted by Gasteiger charge is 2.05. The number of benzene rings is 1. The minimum absolute atomic E-state index is 0.115. The van der Waals surface area contributed by atoms with Crippen LogP contribution in [0.5, 0.6) is 0 Å². The van der Waals surface area contributed by atoms with Crippen LogP contribution in [-0.4, -0.2) is 10.9 Å². The maximum absolute atomic E-state index is 13.4. The Hall–Kier alpha value is -1.75. The summed E-state index contributed by atoms with van der Waals surface area (Å²) in [6.07, 6.45) is 3.11.